The second-order valence-corrected chi connectivity index (χ2v) is 3.89. The Morgan fingerprint density at radius 2 is 2.31 bits per heavy atom. The van der Waals surface area contributed by atoms with Crippen LogP contribution >= 0.6 is 0 Å². The monoisotopic (exact) mass is 218 g/mol. The molecule has 16 heavy (non-hydrogen) atoms. The molecule has 1 aliphatic rings. The molecule has 0 saturated heterocycles. The van der Waals surface area contributed by atoms with Crippen LogP contribution in [-0.2, 0) is 4.79 Å². The van der Waals surface area contributed by atoms with Gasteiger partial charge in [0.1, 0.15) is 18.1 Å². The summed E-state index contributed by atoms with van der Waals surface area (Å²) in [6, 6.07) is 5.23. The number of fused-ring (bicyclic) bond motifs is 1. The lowest BCUT2D eigenvalue weighted by Crippen LogP contribution is -2.25. The van der Waals surface area contributed by atoms with Crippen molar-refractivity contribution < 1.29 is 9.53 Å². The number of ether oxygens (including phenoxy) is 1. The van der Waals surface area contributed by atoms with Gasteiger partial charge in [0.2, 0.25) is 0 Å². The lowest BCUT2D eigenvalue weighted by atomic mass is 10.0. The molecule has 0 amide bonds. The van der Waals surface area contributed by atoms with E-state index in [9.17, 15) is 4.79 Å². The maximum atomic E-state index is 11.0. The third-order valence-corrected chi connectivity index (χ3v) is 2.31. The Bertz CT molecular complexity index is 427. The zero-order valence-corrected chi connectivity index (χ0v) is 9.31. The second-order valence-electron chi connectivity index (χ2n) is 3.89. The maximum absolute atomic E-state index is 11.0. The number of carbonyl (C=O) groups excluding carboxylic acids is 1. The van der Waals surface area contributed by atoms with E-state index in [1.165, 1.54) is 0 Å². The smallest absolute Gasteiger partial charge is 0.147 e. The molecule has 0 saturated carbocycles. The van der Waals surface area contributed by atoms with E-state index in [-0.39, 0.29) is 12.1 Å². The zero-order valence-electron chi connectivity index (χ0n) is 9.31. The van der Waals surface area contributed by atoms with Crippen molar-refractivity contribution in [1.29, 1.82) is 0 Å². The molecule has 0 spiro atoms. The summed E-state index contributed by atoms with van der Waals surface area (Å²) < 4.78 is 5.67. The summed E-state index contributed by atoms with van der Waals surface area (Å²) in [4.78, 5) is 15.2. The molecule has 1 N–H and O–H groups in total. The van der Waals surface area contributed by atoms with E-state index in [4.69, 9.17) is 4.74 Å². The van der Waals surface area contributed by atoms with Crippen LogP contribution in [0.5, 0.6) is 5.75 Å². The second kappa shape index (κ2) is 4.35. The van der Waals surface area contributed by atoms with Gasteiger partial charge in [-0.25, -0.2) is 4.99 Å². The lowest BCUT2D eigenvalue weighted by Gasteiger charge is -2.22. The first-order valence-electron chi connectivity index (χ1n) is 5.26. The quantitative estimate of drug-likeness (QED) is 0.789. The Labute approximate surface area is 94.3 Å². The maximum Gasteiger partial charge on any atom is 0.147 e. The molecule has 0 aliphatic carbocycles. The van der Waals surface area contributed by atoms with Gasteiger partial charge in [-0.3, -0.25) is 0 Å². The number of carbonyl (C=O) groups is 1. The molecule has 4 heteroatoms. The summed E-state index contributed by atoms with van der Waals surface area (Å²) in [7, 11) is 0. The zero-order chi connectivity index (χ0) is 11.5. The molecule has 1 aromatic carbocycles. The first kappa shape index (κ1) is 10.7. The normalized spacial score (nSPS) is 17.8. The molecule has 1 aliphatic heterocycles. The van der Waals surface area contributed by atoms with Crippen molar-refractivity contribution in [3.63, 3.8) is 0 Å². The van der Waals surface area contributed by atoms with Gasteiger partial charge in [0, 0.05) is 5.56 Å². The van der Waals surface area contributed by atoms with Crippen LogP contribution < -0.4 is 10.1 Å². The van der Waals surface area contributed by atoms with E-state index in [1.807, 2.05) is 32.0 Å². The average molecular weight is 218 g/mol. The number of aliphatic imine (C=N–C) groups is 1. The van der Waals surface area contributed by atoms with Gasteiger partial charge in [-0.05, 0) is 26.0 Å². The molecule has 0 bridgehead atoms. The Morgan fingerprint density at radius 3 is 3.00 bits per heavy atom. The van der Waals surface area contributed by atoms with Gasteiger partial charge >= 0.3 is 0 Å². The fourth-order valence-corrected chi connectivity index (χ4v) is 1.69. The predicted molar refractivity (Wildman–Crippen MR) is 62.3 cm³/mol. The van der Waals surface area contributed by atoms with Gasteiger partial charge in [-0.15, -0.1) is 0 Å². The SMILES string of the molecule is CC(C)Oc1cccc2c1C(C=O)NC=N2. The van der Waals surface area contributed by atoms with E-state index in [0.717, 1.165) is 17.5 Å². The Morgan fingerprint density at radius 1 is 1.50 bits per heavy atom. The van der Waals surface area contributed by atoms with Gasteiger partial charge in [0.05, 0.1) is 18.1 Å². The van der Waals surface area contributed by atoms with Gasteiger partial charge in [0.25, 0.3) is 0 Å². The number of nitrogens with one attached hydrogen (secondary N) is 1. The summed E-state index contributed by atoms with van der Waals surface area (Å²) in [5.41, 5.74) is 1.60. The number of aldehydes is 1. The van der Waals surface area contributed by atoms with Crippen LogP contribution in [0, 0.1) is 0 Å². The van der Waals surface area contributed by atoms with Crippen molar-refractivity contribution in [1.82, 2.24) is 5.32 Å². The number of nitrogens with zero attached hydrogens (tertiary/aromatic N) is 1. The Balaban J connectivity index is 2.46. The van der Waals surface area contributed by atoms with Crippen molar-refractivity contribution in [3.8, 4) is 5.75 Å². The van der Waals surface area contributed by atoms with E-state index in [1.54, 1.807) is 6.34 Å². The lowest BCUT2D eigenvalue weighted by molar-refractivity contribution is -0.109. The summed E-state index contributed by atoms with van der Waals surface area (Å²) in [6.07, 6.45) is 2.47. The van der Waals surface area contributed by atoms with E-state index >= 15 is 0 Å². The van der Waals surface area contributed by atoms with E-state index < -0.39 is 0 Å². The highest BCUT2D eigenvalue weighted by Gasteiger charge is 2.21. The molecule has 4 nitrogen and oxygen atoms in total. The molecule has 0 aromatic heterocycles. The minimum atomic E-state index is -0.373. The number of rotatable bonds is 3. The summed E-state index contributed by atoms with van der Waals surface area (Å²) >= 11 is 0. The van der Waals surface area contributed by atoms with Gasteiger partial charge in [-0.1, -0.05) is 6.07 Å². The molecule has 1 aromatic rings. The first-order chi connectivity index (χ1) is 7.72. The van der Waals surface area contributed by atoms with Crippen LogP contribution in [0.4, 0.5) is 5.69 Å². The molecule has 2 rings (SSSR count). The van der Waals surface area contributed by atoms with Crippen LogP contribution in [0.1, 0.15) is 25.5 Å². The third-order valence-electron chi connectivity index (χ3n) is 2.31. The minimum absolute atomic E-state index is 0.0738. The minimum Gasteiger partial charge on any atom is -0.491 e. The van der Waals surface area contributed by atoms with Crippen LogP contribution in [0.2, 0.25) is 0 Å². The molecular formula is C12H14N2O2. The van der Waals surface area contributed by atoms with Gasteiger partial charge in [0.15, 0.2) is 0 Å². The standard InChI is InChI=1S/C12H14N2O2/c1-8(2)16-11-5-3-4-9-12(11)10(6-15)14-7-13-9/h3-8,10H,1-2H3,(H,13,14). The average Bonchev–Trinajstić information content (AvgIpc) is 2.28. The Hall–Kier alpha value is -1.84. The Kier molecular flexibility index (Phi) is 2.90. The van der Waals surface area contributed by atoms with E-state index in [2.05, 4.69) is 10.3 Å². The highest BCUT2D eigenvalue weighted by Crippen LogP contribution is 2.35. The molecule has 0 fully saturated rings. The van der Waals surface area contributed by atoms with Crippen LogP contribution in [0.25, 0.3) is 0 Å². The van der Waals surface area contributed by atoms with Crippen molar-refractivity contribution >= 4 is 18.3 Å². The predicted octanol–water partition coefficient (Wildman–Crippen LogP) is 1.98. The van der Waals surface area contributed by atoms with E-state index in [0.29, 0.717) is 5.75 Å². The molecule has 0 radical (unpaired) electrons. The first-order valence-corrected chi connectivity index (χ1v) is 5.26. The largest absolute Gasteiger partial charge is 0.491 e. The summed E-state index contributed by atoms with van der Waals surface area (Å²) in [6.45, 7) is 3.91. The number of hydrogen-bond donors (Lipinski definition) is 1. The van der Waals surface area contributed by atoms with Gasteiger partial charge < -0.3 is 14.8 Å². The number of hydrogen-bond acceptors (Lipinski definition) is 4. The van der Waals surface area contributed by atoms with Crippen LogP contribution in [0.15, 0.2) is 23.2 Å². The van der Waals surface area contributed by atoms with Crippen molar-refractivity contribution in [2.45, 2.75) is 26.0 Å². The molecule has 1 atom stereocenters. The van der Waals surface area contributed by atoms with Crippen LogP contribution in [0.3, 0.4) is 0 Å². The summed E-state index contributed by atoms with van der Waals surface area (Å²) in [5, 5.41) is 2.90. The molecule has 84 valence electrons. The van der Waals surface area contributed by atoms with Crippen LogP contribution in [-0.4, -0.2) is 18.7 Å². The highest BCUT2D eigenvalue weighted by atomic mass is 16.5. The van der Waals surface area contributed by atoms with Crippen molar-refractivity contribution in [2.75, 3.05) is 0 Å². The van der Waals surface area contributed by atoms with Gasteiger partial charge in [-0.2, -0.15) is 0 Å². The molecule has 1 unspecified atom stereocenters. The topological polar surface area (TPSA) is 50.7 Å². The third kappa shape index (κ3) is 1.91. The highest BCUT2D eigenvalue weighted by molar-refractivity contribution is 5.79. The number of benzene rings is 1. The molecule has 1 heterocycles. The fraction of sp³-hybridized carbons (Fsp3) is 0.333. The summed E-state index contributed by atoms with van der Waals surface area (Å²) in [5.74, 6) is 0.717. The van der Waals surface area contributed by atoms with Crippen molar-refractivity contribution in [2.24, 2.45) is 4.99 Å². The van der Waals surface area contributed by atoms with Crippen molar-refractivity contribution in [3.05, 3.63) is 23.8 Å². The molecular weight excluding hydrogens is 204 g/mol. The fourth-order valence-electron chi connectivity index (χ4n) is 1.69.